The fourth-order valence-corrected chi connectivity index (χ4v) is 9.44. The maximum Gasteiger partial charge on any atom is 0.183 e. The molecule has 0 radical (unpaired) electrons. The summed E-state index contributed by atoms with van der Waals surface area (Å²) in [5, 5.41) is 74.5. The number of aromatic nitrogens is 20. The molecule has 22 heteroatoms. The molecular weight excluding hydrogens is 1020 g/mol. The van der Waals surface area contributed by atoms with Gasteiger partial charge >= 0.3 is 0 Å². The fraction of sp³-hybridized carbons (Fsp3) is 0.356. The Morgan fingerprint density at radius 3 is 1.57 bits per heavy atom. The number of aromatic amines is 4. The maximum absolute atomic E-state index is 9.50. The second-order valence-electron chi connectivity index (χ2n) is 21.2. The summed E-state index contributed by atoms with van der Waals surface area (Å²) in [5.74, 6) is 5.41. The molecule has 422 valence electrons. The van der Waals surface area contributed by atoms with Gasteiger partial charge in [-0.15, -0.1) is 40.8 Å². The molecule has 6 N–H and O–H groups in total. The number of H-pyrrole nitrogens is 4. The largest absolute Gasteiger partial charge is 0.508 e. The number of rotatable bonds is 8. The predicted molar refractivity (Wildman–Crippen MR) is 315 cm³/mol. The van der Waals surface area contributed by atoms with Crippen LogP contribution in [0.15, 0.2) is 72.8 Å². The summed E-state index contributed by atoms with van der Waals surface area (Å²) in [7, 11) is 1.94. The van der Waals surface area contributed by atoms with Gasteiger partial charge in [0.25, 0.3) is 0 Å². The van der Waals surface area contributed by atoms with Crippen molar-refractivity contribution in [2.24, 2.45) is 13.0 Å². The summed E-state index contributed by atoms with van der Waals surface area (Å²) in [6.07, 6.45) is 3.21. The molecule has 0 saturated heterocycles. The molecule has 13 aromatic rings. The zero-order valence-electron chi connectivity index (χ0n) is 49.3. The van der Waals surface area contributed by atoms with Crippen LogP contribution in [0, 0.1) is 82.1 Å². The van der Waals surface area contributed by atoms with Crippen LogP contribution in [0.5, 0.6) is 11.5 Å². The summed E-state index contributed by atoms with van der Waals surface area (Å²) in [5.41, 5.74) is 19.9. The topological polar surface area (TPSA) is 259 Å². The van der Waals surface area contributed by atoms with Crippen molar-refractivity contribution in [2.45, 2.75) is 129 Å². The van der Waals surface area contributed by atoms with Gasteiger partial charge < -0.3 is 10.2 Å². The predicted octanol–water partition coefficient (Wildman–Crippen LogP) is 11.2. The third-order valence-electron chi connectivity index (χ3n) is 15.3. The van der Waals surface area contributed by atoms with Crippen LogP contribution in [0.3, 0.4) is 0 Å². The van der Waals surface area contributed by atoms with Gasteiger partial charge in [-0.3, -0.25) is 20.4 Å². The first-order chi connectivity index (χ1) is 38.7. The minimum Gasteiger partial charge on any atom is -0.508 e. The molecule has 81 heavy (non-hydrogen) atoms. The molecule has 2 atom stereocenters. The van der Waals surface area contributed by atoms with E-state index >= 15 is 0 Å². The summed E-state index contributed by atoms with van der Waals surface area (Å²) in [6.45, 7) is 31.1. The zero-order chi connectivity index (χ0) is 58.1. The Morgan fingerprint density at radius 1 is 0.494 bits per heavy atom. The molecule has 10 heterocycles. The highest BCUT2D eigenvalue weighted by Crippen LogP contribution is 2.30. The highest BCUT2D eigenvalue weighted by Gasteiger charge is 2.20. The average Bonchev–Trinajstić information content (AvgIpc) is 4.51. The Kier molecular flexibility index (Phi) is 16.1. The monoisotopic (exact) mass is 1090 g/mol. The van der Waals surface area contributed by atoms with E-state index in [1.807, 2.05) is 82.6 Å². The SMILES string of the molecule is CCC(C)Cc1nnc2c(C)c(C)[nH]n12.CCC(C)c1nnc2c(C)c(-c3ccccc3)[nH]n12.Cc1[nH]n2c(-c3cc(O)cc(O)c3)nnc2c1C.Cc1ccc(-c2nnc3c(C)c(C)[nH]n23)cc1.Cc1nn2c(C)nn(C)c2c1C. The highest BCUT2D eigenvalue weighted by atomic mass is 16.3. The van der Waals surface area contributed by atoms with Gasteiger partial charge in [0.2, 0.25) is 0 Å². The van der Waals surface area contributed by atoms with Gasteiger partial charge in [-0.2, -0.15) is 14.7 Å². The summed E-state index contributed by atoms with van der Waals surface area (Å²) < 4.78 is 11.5. The lowest BCUT2D eigenvalue weighted by Gasteiger charge is -2.04. The molecule has 0 saturated carbocycles. The van der Waals surface area contributed by atoms with Crippen molar-refractivity contribution in [3.63, 3.8) is 0 Å². The molecule has 0 amide bonds. The number of fused-ring (bicyclic) bond motifs is 5. The van der Waals surface area contributed by atoms with Crippen LogP contribution in [0.4, 0.5) is 0 Å². The Labute approximate surface area is 469 Å². The normalized spacial score (nSPS) is 12.1. The minimum absolute atomic E-state index is 0.0123. The smallest absolute Gasteiger partial charge is 0.183 e. The van der Waals surface area contributed by atoms with E-state index in [2.05, 4.69) is 177 Å². The van der Waals surface area contributed by atoms with E-state index in [9.17, 15) is 10.2 Å². The Hall–Kier alpha value is -9.34. The van der Waals surface area contributed by atoms with Crippen molar-refractivity contribution in [2.75, 3.05) is 0 Å². The summed E-state index contributed by atoms with van der Waals surface area (Å²) in [6, 6.07) is 23.0. The molecule has 0 fully saturated rings. The third-order valence-corrected chi connectivity index (χ3v) is 15.3. The van der Waals surface area contributed by atoms with Crippen LogP contribution < -0.4 is 0 Å². The highest BCUT2D eigenvalue weighted by molar-refractivity contribution is 5.70. The molecule has 0 aliphatic carbocycles. The van der Waals surface area contributed by atoms with Gasteiger partial charge in [0.05, 0.1) is 11.4 Å². The number of hydrogen-bond acceptors (Lipinski definition) is 12. The van der Waals surface area contributed by atoms with Crippen molar-refractivity contribution in [1.82, 2.24) is 98.6 Å². The molecule has 3 aromatic carbocycles. The molecule has 2 unspecified atom stereocenters. The van der Waals surface area contributed by atoms with E-state index in [0.717, 1.165) is 109 Å². The number of hydrogen-bond donors (Lipinski definition) is 6. The number of nitrogens with one attached hydrogen (secondary N) is 4. The lowest BCUT2D eigenvalue weighted by Crippen LogP contribution is -2.03. The van der Waals surface area contributed by atoms with E-state index in [-0.39, 0.29) is 11.5 Å². The van der Waals surface area contributed by atoms with Gasteiger partial charge in [-0.05, 0) is 106 Å². The van der Waals surface area contributed by atoms with Crippen LogP contribution in [-0.4, -0.2) is 109 Å². The van der Waals surface area contributed by atoms with Gasteiger partial charge in [0.15, 0.2) is 51.5 Å². The minimum atomic E-state index is -0.0123. The standard InChI is InChI=1S/C15H18N4.C13H14N4.C12H12N4O2.C11H18N4.C8H12N4/c1-4-10(2)14-16-17-15-11(3)13(18-19(14)15)12-8-6-5-7-9-12;1-8-4-6-11(7-5-8)13-15-14-12-9(2)10(3)16-17(12)13;1-6-7(2)15-16-11(6)13-14-12(16)8-3-9(17)5-10(18)4-8;1-5-7(2)6-10-12-13-11-8(3)9(4)14-15(10)11;1-5-6(2)9-12-7(3)10-11(4)8(5)12/h5-10,18H,4H2,1-3H3;4-7,16H,1-3H3;3-5,15,17-18H,1-2H3;7,14H,5-6H2,1-4H3;1-4H3. The maximum atomic E-state index is 9.50. The first-order valence-corrected chi connectivity index (χ1v) is 27.3. The molecule has 0 spiro atoms. The molecule has 22 nitrogen and oxygen atoms in total. The molecule has 10 aromatic heterocycles. The van der Waals surface area contributed by atoms with Gasteiger partial charge in [-0.25, -0.2) is 22.7 Å². The van der Waals surface area contributed by atoms with E-state index in [1.165, 1.54) is 52.6 Å². The zero-order valence-corrected chi connectivity index (χ0v) is 49.3. The molecule has 0 aliphatic heterocycles. The van der Waals surface area contributed by atoms with E-state index in [4.69, 9.17) is 0 Å². The van der Waals surface area contributed by atoms with Crippen LogP contribution >= 0.6 is 0 Å². The van der Waals surface area contributed by atoms with Crippen LogP contribution in [0.2, 0.25) is 0 Å². The van der Waals surface area contributed by atoms with Crippen molar-refractivity contribution in [3.8, 4) is 45.5 Å². The molecule has 13 rings (SSSR count). The van der Waals surface area contributed by atoms with Crippen molar-refractivity contribution in [3.05, 3.63) is 146 Å². The Morgan fingerprint density at radius 2 is 1.01 bits per heavy atom. The van der Waals surface area contributed by atoms with Crippen LogP contribution in [0.25, 0.3) is 62.3 Å². The Bertz CT molecular complexity index is 4260. The van der Waals surface area contributed by atoms with E-state index in [1.54, 1.807) is 4.52 Å². The van der Waals surface area contributed by atoms with Crippen molar-refractivity contribution < 1.29 is 10.2 Å². The fourth-order valence-electron chi connectivity index (χ4n) is 9.44. The van der Waals surface area contributed by atoms with Crippen molar-refractivity contribution in [1.29, 1.82) is 0 Å². The number of phenols is 2. The second-order valence-corrected chi connectivity index (χ2v) is 21.2. The van der Waals surface area contributed by atoms with Crippen molar-refractivity contribution >= 4 is 28.2 Å². The number of benzene rings is 3. The second kappa shape index (κ2) is 23.2. The molecule has 0 aliphatic rings. The lowest BCUT2D eigenvalue weighted by atomic mass is 10.1. The number of phenolic OH excluding ortho intramolecular Hbond substituents is 2. The lowest BCUT2D eigenvalue weighted by molar-refractivity contribution is 0.451. The molecular formula is C59H74N20O2. The van der Waals surface area contributed by atoms with Gasteiger partial charge in [0, 0.05) is 81.5 Å². The van der Waals surface area contributed by atoms with E-state index in [0.29, 0.717) is 23.2 Å². The molecule has 0 bridgehead atoms. The first kappa shape index (κ1) is 56.4. The summed E-state index contributed by atoms with van der Waals surface area (Å²) in [4.78, 5) is 0. The number of aromatic hydroxyl groups is 2. The van der Waals surface area contributed by atoms with E-state index < -0.39 is 0 Å². The Balaban J connectivity index is 0.000000123. The number of aryl methyl sites for hydroxylation is 12. The first-order valence-electron chi connectivity index (χ1n) is 27.3. The van der Waals surface area contributed by atoms with Crippen LogP contribution in [-0.2, 0) is 13.5 Å². The summed E-state index contributed by atoms with van der Waals surface area (Å²) >= 11 is 0. The average molecular weight is 1100 g/mol. The third kappa shape index (κ3) is 11.2. The number of nitrogens with zero attached hydrogens (tertiary/aromatic N) is 16. The van der Waals surface area contributed by atoms with Gasteiger partial charge in [-0.1, -0.05) is 94.3 Å². The van der Waals surface area contributed by atoms with Gasteiger partial charge in [0.1, 0.15) is 17.3 Å². The quantitative estimate of drug-likeness (QED) is 0.0830. The van der Waals surface area contributed by atoms with Crippen LogP contribution in [0.1, 0.15) is 120 Å².